The lowest BCUT2D eigenvalue weighted by molar-refractivity contribution is -0.116. The standard InChI is InChI=1S/C20H17N5O4/c1-13-21-18(29-23-13)12-25-19(27)15-9-5-6-10-16(15)24(20(25)28)11-17(26)22-14-7-3-2-4-8-14/h2-10H,11-12H2,1H3,(H,22,26). The van der Waals surface area contributed by atoms with E-state index < -0.39 is 11.2 Å². The van der Waals surface area contributed by atoms with Crippen molar-refractivity contribution >= 4 is 22.5 Å². The Hall–Kier alpha value is -4.01. The maximum absolute atomic E-state index is 13.1. The van der Waals surface area contributed by atoms with Gasteiger partial charge in [0.1, 0.15) is 13.1 Å². The molecule has 0 saturated carbocycles. The zero-order valence-electron chi connectivity index (χ0n) is 15.5. The van der Waals surface area contributed by atoms with E-state index in [9.17, 15) is 14.4 Å². The van der Waals surface area contributed by atoms with Crippen molar-refractivity contribution in [2.24, 2.45) is 0 Å². The highest BCUT2D eigenvalue weighted by Crippen LogP contribution is 2.10. The van der Waals surface area contributed by atoms with Crippen molar-refractivity contribution in [3.63, 3.8) is 0 Å². The lowest BCUT2D eigenvalue weighted by atomic mass is 10.2. The first-order chi connectivity index (χ1) is 14.0. The average Bonchev–Trinajstić information content (AvgIpc) is 3.14. The topological polar surface area (TPSA) is 112 Å². The van der Waals surface area contributed by atoms with Gasteiger partial charge in [-0.25, -0.2) is 4.79 Å². The number of amides is 1. The van der Waals surface area contributed by atoms with E-state index in [0.29, 0.717) is 22.4 Å². The van der Waals surface area contributed by atoms with Crippen molar-refractivity contribution in [1.29, 1.82) is 0 Å². The number of nitrogens with zero attached hydrogens (tertiary/aromatic N) is 4. The van der Waals surface area contributed by atoms with Gasteiger partial charge in [-0.05, 0) is 31.2 Å². The van der Waals surface area contributed by atoms with Crippen LogP contribution in [0, 0.1) is 6.92 Å². The number of hydrogen-bond donors (Lipinski definition) is 1. The molecule has 4 rings (SSSR count). The van der Waals surface area contributed by atoms with Crippen LogP contribution in [0.5, 0.6) is 0 Å². The normalized spacial score (nSPS) is 10.9. The average molecular weight is 391 g/mol. The van der Waals surface area contributed by atoms with E-state index in [-0.39, 0.29) is 24.9 Å². The fourth-order valence-corrected chi connectivity index (χ4v) is 3.07. The molecule has 146 valence electrons. The molecule has 1 N–H and O–H groups in total. The number of carbonyl (C=O) groups is 1. The maximum atomic E-state index is 13.1. The molecule has 2 aromatic carbocycles. The van der Waals surface area contributed by atoms with Crippen LogP contribution < -0.4 is 16.6 Å². The van der Waals surface area contributed by atoms with Crippen molar-refractivity contribution in [3.05, 3.63) is 87.2 Å². The lowest BCUT2D eigenvalue weighted by Gasteiger charge is -2.13. The first-order valence-corrected chi connectivity index (χ1v) is 8.89. The minimum Gasteiger partial charge on any atom is -0.337 e. The molecule has 0 fully saturated rings. The van der Waals surface area contributed by atoms with Gasteiger partial charge in [-0.1, -0.05) is 35.5 Å². The quantitative estimate of drug-likeness (QED) is 0.552. The van der Waals surface area contributed by atoms with Crippen molar-refractivity contribution in [2.45, 2.75) is 20.0 Å². The molecule has 0 bridgehead atoms. The summed E-state index contributed by atoms with van der Waals surface area (Å²) in [7, 11) is 0. The Bertz CT molecular complexity index is 1300. The number of aromatic nitrogens is 4. The van der Waals surface area contributed by atoms with Crippen LogP contribution in [0.2, 0.25) is 0 Å². The van der Waals surface area contributed by atoms with Gasteiger partial charge in [-0.15, -0.1) is 0 Å². The monoisotopic (exact) mass is 391 g/mol. The number of nitrogens with one attached hydrogen (secondary N) is 1. The molecule has 0 aliphatic carbocycles. The summed E-state index contributed by atoms with van der Waals surface area (Å²) >= 11 is 0. The van der Waals surface area contributed by atoms with Gasteiger partial charge >= 0.3 is 5.69 Å². The molecule has 4 aromatic rings. The van der Waals surface area contributed by atoms with E-state index in [4.69, 9.17) is 4.52 Å². The predicted molar refractivity (Wildman–Crippen MR) is 106 cm³/mol. The number of anilines is 1. The Kier molecular flexibility index (Phi) is 4.78. The highest BCUT2D eigenvalue weighted by Gasteiger charge is 2.17. The molecule has 0 atom stereocenters. The molecular weight excluding hydrogens is 374 g/mol. The van der Waals surface area contributed by atoms with Crippen molar-refractivity contribution in [2.75, 3.05) is 5.32 Å². The highest BCUT2D eigenvalue weighted by molar-refractivity contribution is 5.91. The second-order valence-electron chi connectivity index (χ2n) is 6.43. The maximum Gasteiger partial charge on any atom is 0.332 e. The van der Waals surface area contributed by atoms with Crippen LogP contribution in [0.1, 0.15) is 11.7 Å². The van der Waals surface area contributed by atoms with Crippen molar-refractivity contribution < 1.29 is 9.32 Å². The van der Waals surface area contributed by atoms with E-state index in [0.717, 1.165) is 4.57 Å². The van der Waals surface area contributed by atoms with Gasteiger partial charge in [-0.2, -0.15) is 4.98 Å². The van der Waals surface area contributed by atoms with Crippen LogP contribution >= 0.6 is 0 Å². The second-order valence-corrected chi connectivity index (χ2v) is 6.43. The molecule has 2 heterocycles. The summed E-state index contributed by atoms with van der Waals surface area (Å²) < 4.78 is 7.30. The van der Waals surface area contributed by atoms with E-state index in [1.807, 2.05) is 6.07 Å². The van der Waals surface area contributed by atoms with E-state index in [1.54, 1.807) is 55.5 Å². The number of fused-ring (bicyclic) bond motifs is 1. The van der Waals surface area contributed by atoms with E-state index in [1.165, 1.54) is 4.57 Å². The van der Waals surface area contributed by atoms with Gasteiger partial charge in [0.05, 0.1) is 10.9 Å². The Morgan fingerprint density at radius 2 is 1.76 bits per heavy atom. The van der Waals surface area contributed by atoms with Gasteiger partial charge in [0.2, 0.25) is 11.8 Å². The first kappa shape index (κ1) is 18.4. The van der Waals surface area contributed by atoms with Crippen LogP contribution in [0.15, 0.2) is 68.7 Å². The molecule has 0 unspecified atom stereocenters. The molecule has 0 radical (unpaired) electrons. The summed E-state index contributed by atoms with van der Waals surface area (Å²) in [6, 6.07) is 15.6. The number of benzene rings is 2. The van der Waals surface area contributed by atoms with Crippen molar-refractivity contribution in [1.82, 2.24) is 19.3 Å². The van der Waals surface area contributed by atoms with Crippen LogP contribution in [0.3, 0.4) is 0 Å². The molecule has 0 aliphatic heterocycles. The van der Waals surface area contributed by atoms with Crippen molar-refractivity contribution in [3.8, 4) is 0 Å². The van der Waals surface area contributed by atoms with Crippen LogP contribution in [-0.2, 0) is 17.9 Å². The molecular formula is C20H17N5O4. The second kappa shape index (κ2) is 7.55. The molecule has 29 heavy (non-hydrogen) atoms. The Morgan fingerprint density at radius 3 is 2.48 bits per heavy atom. The number of para-hydroxylation sites is 2. The van der Waals surface area contributed by atoms with Gasteiger partial charge in [-0.3, -0.25) is 18.7 Å². The van der Waals surface area contributed by atoms with Gasteiger partial charge in [0.15, 0.2) is 5.82 Å². The molecule has 9 nitrogen and oxygen atoms in total. The zero-order valence-corrected chi connectivity index (χ0v) is 15.5. The smallest absolute Gasteiger partial charge is 0.332 e. The molecule has 2 aromatic heterocycles. The molecule has 0 aliphatic rings. The Balaban J connectivity index is 1.77. The summed E-state index contributed by atoms with van der Waals surface area (Å²) in [5.74, 6) is 0.149. The minimum absolute atomic E-state index is 0.136. The van der Waals surface area contributed by atoms with Crippen LogP contribution in [-0.4, -0.2) is 25.2 Å². The van der Waals surface area contributed by atoms with Crippen LogP contribution in [0.25, 0.3) is 10.9 Å². The zero-order chi connectivity index (χ0) is 20.4. The molecule has 0 saturated heterocycles. The largest absolute Gasteiger partial charge is 0.337 e. The van der Waals surface area contributed by atoms with E-state index in [2.05, 4.69) is 15.5 Å². The van der Waals surface area contributed by atoms with E-state index >= 15 is 0 Å². The summed E-state index contributed by atoms with van der Waals surface area (Å²) in [6.07, 6.45) is 0. The number of carbonyl (C=O) groups excluding carboxylic acids is 1. The lowest BCUT2D eigenvalue weighted by Crippen LogP contribution is -2.42. The Morgan fingerprint density at radius 1 is 1.03 bits per heavy atom. The van der Waals surface area contributed by atoms with Gasteiger partial charge < -0.3 is 9.84 Å². The third kappa shape index (κ3) is 3.70. The summed E-state index contributed by atoms with van der Waals surface area (Å²) in [5.41, 5.74) is -0.123. The number of rotatable bonds is 5. The molecule has 9 heteroatoms. The Labute approximate surface area is 164 Å². The SMILES string of the molecule is Cc1noc(Cn2c(=O)c3ccccc3n(CC(=O)Nc3ccccc3)c2=O)n1. The summed E-state index contributed by atoms with van der Waals surface area (Å²) in [5, 5.41) is 6.74. The van der Waals surface area contributed by atoms with Gasteiger partial charge in [0.25, 0.3) is 5.56 Å². The van der Waals surface area contributed by atoms with Gasteiger partial charge in [0, 0.05) is 5.69 Å². The third-order valence-corrected chi connectivity index (χ3v) is 4.35. The summed E-state index contributed by atoms with van der Waals surface area (Å²) in [6.45, 7) is 1.21. The fraction of sp³-hybridized carbons (Fsp3) is 0.150. The highest BCUT2D eigenvalue weighted by atomic mass is 16.5. The summed E-state index contributed by atoms with van der Waals surface area (Å²) in [4.78, 5) is 42.5. The predicted octanol–water partition coefficient (Wildman–Crippen LogP) is 1.54. The third-order valence-electron chi connectivity index (χ3n) is 4.35. The minimum atomic E-state index is -0.632. The molecule has 0 spiro atoms. The number of aryl methyl sites for hydroxylation is 1. The number of hydrogen-bond acceptors (Lipinski definition) is 6. The molecule has 1 amide bonds. The van der Waals surface area contributed by atoms with Crippen LogP contribution in [0.4, 0.5) is 5.69 Å². The fourth-order valence-electron chi connectivity index (χ4n) is 3.07. The first-order valence-electron chi connectivity index (χ1n) is 8.89.